The summed E-state index contributed by atoms with van der Waals surface area (Å²) in [6.07, 6.45) is 3.25. The summed E-state index contributed by atoms with van der Waals surface area (Å²) < 4.78 is 25.5. The van der Waals surface area contributed by atoms with Gasteiger partial charge in [-0.3, -0.25) is 0 Å². The second kappa shape index (κ2) is 7.47. The predicted octanol–water partition coefficient (Wildman–Crippen LogP) is 1.16. The minimum Gasteiger partial charge on any atom is -0.375 e. The van der Waals surface area contributed by atoms with Crippen LogP contribution in [0.2, 0.25) is 0 Å². The molecule has 0 spiro atoms. The van der Waals surface area contributed by atoms with Crippen LogP contribution in [-0.2, 0) is 10.0 Å². The fourth-order valence-corrected chi connectivity index (χ4v) is 2.53. The number of nitrogens with zero attached hydrogens (tertiary/aromatic N) is 1. The van der Waals surface area contributed by atoms with Crippen LogP contribution < -0.4 is 15.4 Å². The quantitative estimate of drug-likeness (QED) is 0.703. The van der Waals surface area contributed by atoms with Gasteiger partial charge in [-0.15, -0.1) is 0 Å². The van der Waals surface area contributed by atoms with Gasteiger partial charge in [0.05, 0.1) is 4.90 Å². The van der Waals surface area contributed by atoms with Gasteiger partial charge in [-0.2, -0.15) is 0 Å². The fraction of sp³-hybridized carbons (Fsp3) is 0.538. The Balaban J connectivity index is 2.61. The van der Waals surface area contributed by atoms with Crippen molar-refractivity contribution in [3.05, 3.63) is 24.3 Å². The van der Waals surface area contributed by atoms with Gasteiger partial charge in [-0.25, -0.2) is 13.1 Å². The number of anilines is 1. The van der Waals surface area contributed by atoms with E-state index >= 15 is 0 Å². The largest absolute Gasteiger partial charge is 0.375 e. The van der Waals surface area contributed by atoms with Crippen molar-refractivity contribution in [2.75, 3.05) is 32.1 Å². The maximum absolute atomic E-state index is 11.6. The van der Waals surface area contributed by atoms with Gasteiger partial charge >= 0.3 is 0 Å². The molecule has 0 aliphatic heterocycles. The molecule has 1 rings (SSSR count). The van der Waals surface area contributed by atoms with E-state index in [2.05, 4.69) is 9.62 Å². The lowest BCUT2D eigenvalue weighted by atomic mass is 10.2. The first kappa shape index (κ1) is 15.9. The number of nitrogens with two attached hydrogens (primary N) is 1. The first-order chi connectivity index (χ1) is 9.01. The number of sulfonamides is 1. The van der Waals surface area contributed by atoms with Gasteiger partial charge in [0.2, 0.25) is 10.0 Å². The summed E-state index contributed by atoms with van der Waals surface area (Å²) in [6, 6.07) is 6.90. The summed E-state index contributed by atoms with van der Waals surface area (Å²) in [5.41, 5.74) is 6.47. The Bertz CT molecular complexity index is 471. The number of benzene rings is 1. The molecule has 0 aliphatic rings. The van der Waals surface area contributed by atoms with E-state index in [0.717, 1.165) is 38.0 Å². The highest BCUT2D eigenvalue weighted by Crippen LogP contribution is 2.17. The highest BCUT2D eigenvalue weighted by molar-refractivity contribution is 7.89. The first-order valence-corrected chi connectivity index (χ1v) is 7.94. The highest BCUT2D eigenvalue weighted by Gasteiger charge is 2.11. The Hall–Kier alpha value is -1.11. The number of hydrogen-bond donors (Lipinski definition) is 2. The molecule has 0 heterocycles. The Kier molecular flexibility index (Phi) is 6.27. The molecule has 0 aliphatic carbocycles. The van der Waals surface area contributed by atoms with Crippen molar-refractivity contribution in [2.45, 2.75) is 24.2 Å². The van der Waals surface area contributed by atoms with Crippen LogP contribution in [0.1, 0.15) is 19.3 Å². The van der Waals surface area contributed by atoms with Gasteiger partial charge in [0.15, 0.2) is 0 Å². The smallest absolute Gasteiger partial charge is 0.240 e. The average molecular weight is 285 g/mol. The molecule has 5 nitrogen and oxygen atoms in total. The molecule has 0 saturated carbocycles. The Labute approximate surface area is 115 Å². The summed E-state index contributed by atoms with van der Waals surface area (Å²) in [4.78, 5) is 2.40. The monoisotopic (exact) mass is 285 g/mol. The van der Waals surface area contributed by atoms with Crippen molar-refractivity contribution in [3.63, 3.8) is 0 Å². The van der Waals surface area contributed by atoms with Crippen LogP contribution in [0.3, 0.4) is 0 Å². The molecule has 0 aromatic heterocycles. The highest BCUT2D eigenvalue weighted by atomic mass is 32.2. The lowest BCUT2D eigenvalue weighted by molar-refractivity contribution is 0.588. The summed E-state index contributed by atoms with van der Waals surface area (Å²) in [7, 11) is 0.0662. The van der Waals surface area contributed by atoms with Crippen LogP contribution in [0.15, 0.2) is 29.2 Å². The topological polar surface area (TPSA) is 75.4 Å². The molecular weight excluding hydrogens is 262 g/mol. The van der Waals surface area contributed by atoms with E-state index in [1.54, 1.807) is 12.1 Å². The maximum Gasteiger partial charge on any atom is 0.240 e. The van der Waals surface area contributed by atoms with Gasteiger partial charge in [0.25, 0.3) is 0 Å². The van der Waals surface area contributed by atoms with Crippen molar-refractivity contribution in [1.29, 1.82) is 0 Å². The minimum absolute atomic E-state index is 0.287. The molecule has 0 radical (unpaired) electrons. The lowest BCUT2D eigenvalue weighted by Crippen LogP contribution is -2.20. The molecule has 0 unspecified atom stereocenters. The zero-order valence-corrected chi connectivity index (χ0v) is 12.4. The molecule has 0 saturated heterocycles. The van der Waals surface area contributed by atoms with Gasteiger partial charge in [-0.05, 0) is 50.7 Å². The number of rotatable bonds is 8. The third-order valence-corrected chi connectivity index (χ3v) is 4.48. The lowest BCUT2D eigenvalue weighted by Gasteiger charge is -2.19. The molecule has 3 N–H and O–H groups in total. The summed E-state index contributed by atoms with van der Waals surface area (Å²) >= 11 is 0. The Morgan fingerprint density at radius 1 is 1.16 bits per heavy atom. The Morgan fingerprint density at radius 3 is 2.32 bits per heavy atom. The molecule has 1 aromatic rings. The molecule has 108 valence electrons. The SMILES string of the molecule is CNS(=O)(=O)c1ccc(N(C)CCCCCN)cc1. The van der Waals surface area contributed by atoms with Gasteiger partial charge < -0.3 is 10.6 Å². The van der Waals surface area contributed by atoms with E-state index in [1.807, 2.05) is 19.2 Å². The third-order valence-electron chi connectivity index (χ3n) is 3.05. The summed E-state index contributed by atoms with van der Waals surface area (Å²) in [5, 5.41) is 0. The van der Waals surface area contributed by atoms with Gasteiger partial charge in [0, 0.05) is 19.3 Å². The second-order valence-corrected chi connectivity index (χ2v) is 6.36. The van der Waals surface area contributed by atoms with Crippen molar-refractivity contribution in [2.24, 2.45) is 5.73 Å². The predicted molar refractivity (Wildman–Crippen MR) is 78.9 cm³/mol. The molecule has 19 heavy (non-hydrogen) atoms. The van der Waals surface area contributed by atoms with E-state index in [9.17, 15) is 8.42 Å². The van der Waals surface area contributed by atoms with Crippen LogP contribution in [0.5, 0.6) is 0 Å². The second-order valence-electron chi connectivity index (χ2n) is 4.47. The zero-order valence-electron chi connectivity index (χ0n) is 11.6. The van der Waals surface area contributed by atoms with Gasteiger partial charge in [-0.1, -0.05) is 6.42 Å². The normalized spacial score (nSPS) is 11.5. The number of unbranched alkanes of at least 4 members (excludes halogenated alkanes) is 2. The standard InChI is InChI=1S/C13H23N3O2S/c1-15-19(17,18)13-8-6-12(7-9-13)16(2)11-5-3-4-10-14/h6-9,15H,3-5,10-11,14H2,1-2H3. The third kappa shape index (κ3) is 4.81. The van der Waals surface area contributed by atoms with Crippen molar-refractivity contribution >= 4 is 15.7 Å². The summed E-state index contributed by atoms with van der Waals surface area (Å²) in [5.74, 6) is 0. The molecular formula is C13H23N3O2S. The number of hydrogen-bond acceptors (Lipinski definition) is 4. The van der Waals surface area contributed by atoms with Crippen molar-refractivity contribution < 1.29 is 8.42 Å². The van der Waals surface area contributed by atoms with Crippen molar-refractivity contribution in [3.8, 4) is 0 Å². The van der Waals surface area contributed by atoms with Crippen LogP contribution in [0.4, 0.5) is 5.69 Å². The van der Waals surface area contributed by atoms with Crippen molar-refractivity contribution in [1.82, 2.24) is 4.72 Å². The number of nitrogens with one attached hydrogen (secondary N) is 1. The van der Waals surface area contributed by atoms with Crippen LogP contribution in [0.25, 0.3) is 0 Å². The molecule has 6 heteroatoms. The van der Waals surface area contributed by atoms with E-state index in [0.29, 0.717) is 0 Å². The van der Waals surface area contributed by atoms with Crippen LogP contribution in [-0.4, -0.2) is 35.6 Å². The van der Waals surface area contributed by atoms with E-state index < -0.39 is 10.0 Å². The van der Waals surface area contributed by atoms with E-state index in [4.69, 9.17) is 5.73 Å². The molecule has 0 bridgehead atoms. The molecule has 0 amide bonds. The maximum atomic E-state index is 11.6. The first-order valence-electron chi connectivity index (χ1n) is 6.46. The van der Waals surface area contributed by atoms with Gasteiger partial charge in [0.1, 0.15) is 0 Å². The molecule has 0 fully saturated rings. The molecule has 0 atom stereocenters. The average Bonchev–Trinajstić information content (AvgIpc) is 2.43. The minimum atomic E-state index is -3.35. The van der Waals surface area contributed by atoms with Crippen LogP contribution >= 0.6 is 0 Å². The molecule has 1 aromatic carbocycles. The fourth-order valence-electron chi connectivity index (χ4n) is 1.80. The van der Waals surface area contributed by atoms with E-state index in [1.165, 1.54) is 7.05 Å². The Morgan fingerprint density at radius 2 is 1.79 bits per heavy atom. The van der Waals surface area contributed by atoms with E-state index in [-0.39, 0.29) is 4.90 Å². The van der Waals surface area contributed by atoms with Crippen LogP contribution in [0, 0.1) is 0 Å². The summed E-state index contributed by atoms with van der Waals surface area (Å²) in [6.45, 7) is 1.68. The zero-order chi connectivity index (χ0) is 14.3.